The number of fused-ring (bicyclic) bond motifs is 3. The molecule has 5 aromatic rings. The molecule has 18 nitrogen and oxygen atoms in total. The summed E-state index contributed by atoms with van der Waals surface area (Å²) in [5, 5.41) is 47.8. The van der Waals surface area contributed by atoms with E-state index in [0.29, 0.717) is 0 Å². The summed E-state index contributed by atoms with van der Waals surface area (Å²) in [6.45, 7) is 31.2. The number of hydrogen-bond donors (Lipinski definition) is 0. The van der Waals surface area contributed by atoms with Crippen LogP contribution in [0.2, 0.25) is 0 Å². The number of nitriles is 5. The van der Waals surface area contributed by atoms with Gasteiger partial charge in [0.2, 0.25) is 11.4 Å². The van der Waals surface area contributed by atoms with E-state index in [1.54, 1.807) is 6.07 Å². The summed E-state index contributed by atoms with van der Waals surface area (Å²) >= 11 is 0. The molecule has 3 aliphatic heterocycles. The second kappa shape index (κ2) is 15.3. The van der Waals surface area contributed by atoms with Gasteiger partial charge in [-0.2, -0.15) is 21.0 Å². The predicted molar refractivity (Wildman–Crippen MR) is 202 cm³/mol. The standard InChI is InChI=1S/C42H6F4N18/c1-52-26(15-51)39-56-22-7-5-18(20(13-49)32(22)60-39)37-62-38(64-42(63-37)36(55-4)41-58-24-9-16(11-47)17(12-48)10-25(24)59-41)19-6-8-23-34(33(19)53-2)61-40(57-23)35(54-3)27-30(45)28(43)21(14-50)29(44)31(27)46/h5-10H/b39-26+,40-35-. The van der Waals surface area contributed by atoms with Crippen LogP contribution >= 0.6 is 0 Å². The van der Waals surface area contributed by atoms with Crippen molar-refractivity contribution in [3.05, 3.63) is 194 Å². The lowest BCUT2D eigenvalue weighted by molar-refractivity contribution is 0.446. The zero-order chi connectivity index (χ0) is 45.6. The maximum absolute atomic E-state index is 15.1. The quantitative estimate of drug-likeness (QED) is 0.112. The van der Waals surface area contributed by atoms with E-state index < -0.39 is 68.8 Å². The van der Waals surface area contributed by atoms with Crippen LogP contribution in [-0.4, -0.2) is 15.0 Å². The Morgan fingerprint density at radius 2 is 1.03 bits per heavy atom. The second-order valence-corrected chi connectivity index (χ2v) is 12.6. The van der Waals surface area contributed by atoms with Crippen LogP contribution in [0, 0.1) is 106 Å². The Bertz CT molecular complexity index is 3970. The van der Waals surface area contributed by atoms with Crippen LogP contribution in [0.4, 0.5) is 23.2 Å². The molecule has 0 saturated heterocycles. The molecule has 1 aromatic heterocycles. The van der Waals surface area contributed by atoms with Crippen LogP contribution in [0.3, 0.4) is 0 Å². The molecule has 4 aromatic carbocycles. The lowest BCUT2D eigenvalue weighted by atomic mass is 10.1. The zero-order valence-electron chi connectivity index (χ0n) is 31.0. The first-order valence-corrected chi connectivity index (χ1v) is 17.2. The Hall–Kier alpha value is -11.0. The molecule has 3 aliphatic rings. The van der Waals surface area contributed by atoms with Gasteiger partial charge < -0.3 is 0 Å². The van der Waals surface area contributed by atoms with Crippen LogP contribution in [0.15, 0.2) is 89.5 Å². The monoisotopic (exact) mass is 838 g/mol. The molecule has 0 spiro atoms. The van der Waals surface area contributed by atoms with Crippen molar-refractivity contribution in [2.75, 3.05) is 0 Å². The van der Waals surface area contributed by atoms with Crippen molar-refractivity contribution >= 4 is 17.1 Å². The van der Waals surface area contributed by atoms with Gasteiger partial charge in [0.15, 0.2) is 58.2 Å². The molecule has 0 saturated carbocycles. The van der Waals surface area contributed by atoms with E-state index in [1.165, 1.54) is 36.4 Å². The van der Waals surface area contributed by atoms with Crippen molar-refractivity contribution in [1.29, 1.82) is 26.3 Å². The second-order valence-electron chi connectivity index (χ2n) is 12.6. The van der Waals surface area contributed by atoms with Gasteiger partial charge in [0.1, 0.15) is 35.2 Å². The molecule has 64 heavy (non-hydrogen) atoms. The molecule has 0 radical (unpaired) electrons. The molecular weight excluding hydrogens is 833 g/mol. The molecule has 8 rings (SSSR count). The highest BCUT2D eigenvalue weighted by atomic mass is 19.2. The highest BCUT2D eigenvalue weighted by molar-refractivity contribution is 5.80. The van der Waals surface area contributed by atoms with Crippen molar-refractivity contribution in [3.8, 4) is 53.1 Å². The fraction of sp³-hybridized carbons (Fsp3) is 0. The molecule has 0 N–H and O–H groups in total. The fourth-order valence-corrected chi connectivity index (χ4v) is 6.35. The predicted octanol–water partition coefficient (Wildman–Crippen LogP) is 3.66. The minimum atomic E-state index is -2.06. The normalized spacial score (nSPS) is 13.6. The van der Waals surface area contributed by atoms with Gasteiger partial charge in [-0.25, -0.2) is 82.1 Å². The van der Waals surface area contributed by atoms with Crippen molar-refractivity contribution in [2.45, 2.75) is 0 Å². The summed E-state index contributed by atoms with van der Waals surface area (Å²) in [7, 11) is 0. The summed E-state index contributed by atoms with van der Waals surface area (Å²) in [4.78, 5) is 52.1. The van der Waals surface area contributed by atoms with Crippen molar-refractivity contribution < 1.29 is 17.6 Å². The third-order valence-electron chi connectivity index (χ3n) is 9.22. The van der Waals surface area contributed by atoms with Crippen LogP contribution in [-0.2, 0) is 0 Å². The molecule has 22 heteroatoms. The zero-order valence-corrected chi connectivity index (χ0v) is 31.0. The van der Waals surface area contributed by atoms with Gasteiger partial charge in [0.05, 0.1) is 81.4 Å². The molecule has 0 unspecified atom stereocenters. The number of aromatic nitrogens is 3. The van der Waals surface area contributed by atoms with Crippen molar-refractivity contribution in [2.24, 2.45) is 30.0 Å². The summed E-state index contributed by atoms with van der Waals surface area (Å²) in [5.41, 5.74) is -5.85. The van der Waals surface area contributed by atoms with E-state index in [4.69, 9.17) is 31.6 Å². The Kier molecular flexibility index (Phi) is 9.54. The van der Waals surface area contributed by atoms with E-state index in [-0.39, 0.29) is 83.3 Å². The van der Waals surface area contributed by atoms with Crippen LogP contribution in [0.5, 0.6) is 0 Å². The summed E-state index contributed by atoms with van der Waals surface area (Å²) in [5.74, 6) is -10.6. The number of nitrogens with zero attached hydrogens (tertiary/aromatic N) is 18. The van der Waals surface area contributed by atoms with E-state index in [9.17, 15) is 29.8 Å². The summed E-state index contributed by atoms with van der Waals surface area (Å²) < 4.78 is 59.6. The van der Waals surface area contributed by atoms with E-state index in [1.807, 2.05) is 18.2 Å². The lowest BCUT2D eigenvalue weighted by Crippen LogP contribution is -2.26. The molecule has 0 bridgehead atoms. The minimum absolute atomic E-state index is 0.0157. The summed E-state index contributed by atoms with van der Waals surface area (Å²) in [6.07, 6.45) is 0. The molecule has 0 atom stereocenters. The molecule has 0 amide bonds. The topological polar surface area (TPSA) is 249 Å². The van der Waals surface area contributed by atoms with E-state index in [0.717, 1.165) is 6.07 Å². The van der Waals surface area contributed by atoms with Crippen LogP contribution in [0.1, 0.15) is 33.6 Å². The third-order valence-corrected chi connectivity index (χ3v) is 9.22. The van der Waals surface area contributed by atoms with Gasteiger partial charge in [-0.15, -0.1) is 0 Å². The highest BCUT2D eigenvalue weighted by Gasteiger charge is 2.31. The van der Waals surface area contributed by atoms with Crippen LogP contribution in [0.25, 0.3) is 53.5 Å². The van der Waals surface area contributed by atoms with Gasteiger partial charge in [-0.3, -0.25) is 4.99 Å². The average Bonchev–Trinajstić information content (AvgIpc) is 4.06. The smallest absolute Gasteiger partial charge is 0.250 e. The number of halogens is 4. The first-order chi connectivity index (χ1) is 31.0. The Balaban J connectivity index is 1.41. The average molecular weight is 839 g/mol. The van der Waals surface area contributed by atoms with Crippen molar-refractivity contribution in [3.63, 3.8) is 0 Å². The first kappa shape index (κ1) is 39.8. The fourth-order valence-electron chi connectivity index (χ4n) is 6.35. The van der Waals surface area contributed by atoms with Crippen molar-refractivity contribution in [1.82, 2.24) is 15.0 Å². The van der Waals surface area contributed by atoms with Gasteiger partial charge in [-0.1, -0.05) is 6.07 Å². The van der Waals surface area contributed by atoms with Gasteiger partial charge in [0.25, 0.3) is 5.70 Å². The number of rotatable bonds is 4. The number of hydrogen-bond acceptors (Lipinski definition) is 14. The Labute approximate surface area is 352 Å². The minimum Gasteiger partial charge on any atom is -0.250 e. The molecule has 0 aliphatic carbocycles. The number of benzene rings is 4. The summed E-state index contributed by atoms with van der Waals surface area (Å²) in [6, 6.07) is 16.3. The Morgan fingerprint density at radius 3 is 1.56 bits per heavy atom. The van der Waals surface area contributed by atoms with Gasteiger partial charge in [0, 0.05) is 11.1 Å². The molecule has 4 heterocycles. The van der Waals surface area contributed by atoms with Gasteiger partial charge in [-0.05, 0) is 30.3 Å². The first-order valence-electron chi connectivity index (χ1n) is 17.2. The maximum Gasteiger partial charge on any atom is 0.305 e. The Morgan fingerprint density at radius 1 is 0.516 bits per heavy atom. The maximum atomic E-state index is 15.1. The molecular formula is C42H6F4N18. The van der Waals surface area contributed by atoms with Crippen LogP contribution < -0.4 is 32.1 Å². The molecule has 292 valence electrons. The highest BCUT2D eigenvalue weighted by Crippen LogP contribution is 2.34. The largest absolute Gasteiger partial charge is 0.305 e. The third kappa shape index (κ3) is 6.08. The van der Waals surface area contributed by atoms with E-state index in [2.05, 4.69) is 64.3 Å². The van der Waals surface area contributed by atoms with Gasteiger partial charge >= 0.3 is 5.70 Å². The SMILES string of the molecule is [C-]#[N+]C(=C1N=c2cc(C#N)c(C#N)cc2=N1)c1nc(-c2ccc3c(c2C#N)=N/C(=C(\C#N)[N+]#[C-])N=3)nc(-c2ccc3c(c2[N+]#[C-])=N/C(=C(\[N+]#[C-])c2c(F)c(F)c(C#N)c(F)c2F)N=3)n1. The van der Waals surface area contributed by atoms with E-state index >= 15 is 8.78 Å². The molecule has 0 fully saturated rings. The number of allylic oxidation sites excluding steroid dienone is 1. The lowest BCUT2D eigenvalue weighted by Gasteiger charge is -2.10.